The van der Waals surface area contributed by atoms with E-state index in [2.05, 4.69) is 26.7 Å². The number of hydrogen-bond donors (Lipinski definition) is 2. The number of nitrogens with one attached hydrogen (secondary N) is 2. The SMILES string of the molecule is Cc1cc(/C=C/C#N)cc(Cl)c1Oc1nc(NC23CC(C#N)(C2)C3)nc2c1[C@@H](C)NC2=O. The van der Waals surface area contributed by atoms with Crippen molar-refractivity contribution in [2.24, 2.45) is 5.41 Å². The van der Waals surface area contributed by atoms with E-state index in [0.29, 0.717) is 22.3 Å². The Bertz CT molecular complexity index is 1250. The second-order valence-electron chi connectivity index (χ2n) is 8.85. The van der Waals surface area contributed by atoms with Crippen molar-refractivity contribution in [1.29, 1.82) is 10.5 Å². The summed E-state index contributed by atoms with van der Waals surface area (Å²) in [6.45, 7) is 3.69. The molecule has 3 fully saturated rings. The van der Waals surface area contributed by atoms with Crippen molar-refractivity contribution in [2.75, 3.05) is 5.32 Å². The van der Waals surface area contributed by atoms with Crippen LogP contribution < -0.4 is 15.4 Å². The molecule has 32 heavy (non-hydrogen) atoms. The second kappa shape index (κ2) is 6.94. The molecule has 1 aromatic carbocycles. The van der Waals surface area contributed by atoms with Crippen LogP contribution >= 0.6 is 11.6 Å². The number of aryl methyl sites for hydroxylation is 1. The number of amides is 1. The van der Waals surface area contributed by atoms with Crippen LogP contribution in [0, 0.1) is 35.0 Å². The lowest BCUT2D eigenvalue weighted by Gasteiger charge is -2.66. The average molecular weight is 447 g/mol. The van der Waals surface area contributed by atoms with Gasteiger partial charge in [-0.05, 0) is 62.4 Å². The highest BCUT2D eigenvalue weighted by atomic mass is 35.5. The first-order valence-corrected chi connectivity index (χ1v) is 10.6. The molecule has 1 atom stereocenters. The molecule has 0 saturated heterocycles. The van der Waals surface area contributed by atoms with Gasteiger partial charge in [-0.2, -0.15) is 15.5 Å². The maximum atomic E-state index is 12.5. The lowest BCUT2D eigenvalue weighted by molar-refractivity contribution is -0.0665. The van der Waals surface area contributed by atoms with Crippen molar-refractivity contribution in [3.8, 4) is 23.8 Å². The van der Waals surface area contributed by atoms with Gasteiger partial charge in [0.1, 0.15) is 5.69 Å². The summed E-state index contributed by atoms with van der Waals surface area (Å²) in [5, 5.41) is 24.6. The highest BCUT2D eigenvalue weighted by Crippen LogP contribution is 2.67. The smallest absolute Gasteiger partial charge is 0.271 e. The van der Waals surface area contributed by atoms with E-state index in [1.54, 1.807) is 12.1 Å². The number of halogens is 1. The van der Waals surface area contributed by atoms with Gasteiger partial charge in [-0.3, -0.25) is 4.79 Å². The molecule has 2 aromatic rings. The van der Waals surface area contributed by atoms with Crippen molar-refractivity contribution >= 4 is 29.5 Å². The number of carbonyl (C=O) groups is 1. The molecular formula is C23H19ClN6O2. The Morgan fingerprint density at radius 1 is 1.31 bits per heavy atom. The Balaban J connectivity index is 1.50. The Hall–Kier alpha value is -3.62. The molecule has 3 aliphatic carbocycles. The van der Waals surface area contributed by atoms with Crippen LogP contribution in [0.4, 0.5) is 5.95 Å². The molecule has 9 heteroatoms. The van der Waals surface area contributed by atoms with Gasteiger partial charge in [0.15, 0.2) is 5.75 Å². The lowest BCUT2D eigenvalue weighted by Crippen LogP contribution is -2.70. The van der Waals surface area contributed by atoms with Crippen molar-refractivity contribution < 1.29 is 9.53 Å². The fourth-order valence-corrected chi connectivity index (χ4v) is 5.29. The zero-order valence-corrected chi connectivity index (χ0v) is 18.2. The van der Waals surface area contributed by atoms with Crippen LogP contribution in [0.5, 0.6) is 11.6 Å². The summed E-state index contributed by atoms with van der Waals surface area (Å²) < 4.78 is 6.16. The van der Waals surface area contributed by atoms with Crippen molar-refractivity contribution in [3.05, 3.63) is 45.6 Å². The summed E-state index contributed by atoms with van der Waals surface area (Å²) in [7, 11) is 0. The third-order valence-electron chi connectivity index (χ3n) is 6.35. The normalized spacial score (nSPS) is 26.9. The number of carbonyl (C=O) groups excluding carboxylic acids is 1. The van der Waals surface area contributed by atoms with Crippen LogP contribution in [0.25, 0.3) is 6.08 Å². The van der Waals surface area contributed by atoms with Gasteiger partial charge >= 0.3 is 0 Å². The van der Waals surface area contributed by atoms with Gasteiger partial charge in [-0.1, -0.05) is 11.6 Å². The van der Waals surface area contributed by atoms with E-state index in [1.807, 2.05) is 26.0 Å². The molecule has 6 rings (SSSR count). The molecular weight excluding hydrogens is 428 g/mol. The van der Waals surface area contributed by atoms with Crippen LogP contribution in [0.2, 0.25) is 5.02 Å². The summed E-state index contributed by atoms with van der Waals surface area (Å²) in [5.74, 6) is 0.702. The first-order valence-electron chi connectivity index (χ1n) is 10.2. The first-order chi connectivity index (χ1) is 15.3. The molecule has 0 radical (unpaired) electrons. The Labute approximate surface area is 189 Å². The molecule has 2 heterocycles. The molecule has 0 spiro atoms. The zero-order valence-electron chi connectivity index (χ0n) is 17.5. The number of anilines is 1. The molecule has 160 valence electrons. The van der Waals surface area contributed by atoms with Gasteiger partial charge in [0.25, 0.3) is 5.91 Å². The topological polar surface area (TPSA) is 124 Å². The minimum absolute atomic E-state index is 0.190. The molecule has 1 amide bonds. The summed E-state index contributed by atoms with van der Waals surface area (Å²) in [6, 6.07) is 7.58. The van der Waals surface area contributed by atoms with Crippen LogP contribution in [-0.4, -0.2) is 21.4 Å². The van der Waals surface area contributed by atoms with Gasteiger partial charge < -0.3 is 15.4 Å². The highest BCUT2D eigenvalue weighted by molar-refractivity contribution is 6.32. The molecule has 2 N–H and O–H groups in total. The monoisotopic (exact) mass is 446 g/mol. The molecule has 1 aromatic heterocycles. The molecule has 0 unspecified atom stereocenters. The van der Waals surface area contributed by atoms with E-state index in [-0.39, 0.29) is 34.5 Å². The average Bonchev–Trinajstić information content (AvgIpc) is 2.98. The standard InChI is InChI=1S/C23H19ClN6O2/c1-12-6-14(4-3-5-25)7-15(24)18(12)32-20-16-13(2)27-19(31)17(16)28-21(29-20)30-23-8-22(9-23,10-23)11-26/h3-4,6-7,13H,8-10H2,1-2H3,(H,27,31)(H,28,29,30)/b4-3+/t13-,22?,23?/m1/s1. The third kappa shape index (κ3) is 3.07. The molecule has 3 saturated carbocycles. The highest BCUT2D eigenvalue weighted by Gasteiger charge is 2.69. The number of benzene rings is 1. The number of rotatable bonds is 5. The Morgan fingerprint density at radius 2 is 2.06 bits per heavy atom. The number of aromatic nitrogens is 2. The summed E-state index contributed by atoms with van der Waals surface area (Å²) in [4.78, 5) is 21.5. The fourth-order valence-electron chi connectivity index (χ4n) is 4.97. The Kier molecular flexibility index (Phi) is 4.40. The molecule has 8 nitrogen and oxygen atoms in total. The summed E-state index contributed by atoms with van der Waals surface area (Å²) >= 11 is 6.48. The van der Waals surface area contributed by atoms with Gasteiger partial charge in [0, 0.05) is 11.6 Å². The third-order valence-corrected chi connectivity index (χ3v) is 6.63. The first kappa shape index (κ1) is 20.3. The van der Waals surface area contributed by atoms with E-state index < -0.39 is 0 Å². The van der Waals surface area contributed by atoms with Crippen molar-refractivity contribution in [3.63, 3.8) is 0 Å². The lowest BCUT2D eigenvalue weighted by atomic mass is 9.40. The van der Waals surface area contributed by atoms with E-state index in [4.69, 9.17) is 21.6 Å². The maximum absolute atomic E-state index is 12.5. The summed E-state index contributed by atoms with van der Waals surface area (Å²) in [6.07, 6.45) is 5.28. The minimum Gasteiger partial charge on any atom is -0.437 e. The second-order valence-corrected chi connectivity index (χ2v) is 9.26. The number of fused-ring (bicyclic) bond motifs is 1. The van der Waals surface area contributed by atoms with Crippen LogP contribution in [-0.2, 0) is 0 Å². The van der Waals surface area contributed by atoms with Crippen LogP contribution in [0.15, 0.2) is 18.2 Å². The molecule has 4 aliphatic rings. The number of allylic oxidation sites excluding steroid dienone is 1. The predicted molar refractivity (Wildman–Crippen MR) is 117 cm³/mol. The van der Waals surface area contributed by atoms with Crippen LogP contribution in [0.3, 0.4) is 0 Å². The number of hydrogen-bond acceptors (Lipinski definition) is 7. The predicted octanol–water partition coefficient (Wildman–Crippen LogP) is 4.43. The number of ether oxygens (including phenoxy) is 1. The minimum atomic E-state index is -0.310. The van der Waals surface area contributed by atoms with Gasteiger partial charge in [-0.15, -0.1) is 0 Å². The largest absolute Gasteiger partial charge is 0.437 e. The van der Waals surface area contributed by atoms with Crippen molar-refractivity contribution in [1.82, 2.24) is 15.3 Å². The summed E-state index contributed by atoms with van der Waals surface area (Å²) in [5.41, 5.74) is 1.98. The molecule has 1 aliphatic heterocycles. The quantitative estimate of drug-likeness (QED) is 0.651. The van der Waals surface area contributed by atoms with Gasteiger partial charge in [0.2, 0.25) is 11.8 Å². The van der Waals surface area contributed by atoms with E-state index in [9.17, 15) is 10.1 Å². The van der Waals surface area contributed by atoms with E-state index in [0.717, 1.165) is 30.4 Å². The van der Waals surface area contributed by atoms with Crippen molar-refractivity contribution in [2.45, 2.75) is 44.7 Å². The van der Waals surface area contributed by atoms with Crippen LogP contribution in [0.1, 0.15) is 59.4 Å². The number of nitriles is 2. The fraction of sp³-hybridized carbons (Fsp3) is 0.348. The number of nitrogens with zero attached hydrogens (tertiary/aromatic N) is 4. The Morgan fingerprint density at radius 3 is 2.72 bits per heavy atom. The van der Waals surface area contributed by atoms with Gasteiger partial charge in [-0.25, -0.2) is 4.98 Å². The van der Waals surface area contributed by atoms with E-state index in [1.165, 1.54) is 6.08 Å². The van der Waals surface area contributed by atoms with Gasteiger partial charge in [0.05, 0.1) is 34.2 Å². The molecule has 2 bridgehead atoms. The zero-order chi connectivity index (χ0) is 22.7. The van der Waals surface area contributed by atoms with E-state index >= 15 is 0 Å². The maximum Gasteiger partial charge on any atom is 0.271 e.